The van der Waals surface area contributed by atoms with Crippen molar-refractivity contribution in [2.45, 2.75) is 10.6 Å². The molecule has 0 aliphatic heterocycles. The van der Waals surface area contributed by atoms with Crippen molar-refractivity contribution < 1.29 is 8.95 Å². The molecule has 1 unspecified atom stereocenters. The van der Waals surface area contributed by atoms with Crippen LogP contribution < -0.4 is 10.5 Å². The van der Waals surface area contributed by atoms with Crippen LogP contribution in [-0.2, 0) is 16.6 Å². The van der Waals surface area contributed by atoms with Crippen LogP contribution in [0.1, 0.15) is 4.88 Å². The third kappa shape index (κ3) is 3.13. The molecule has 1 atom stereocenters. The van der Waals surface area contributed by atoms with Gasteiger partial charge in [0.05, 0.1) is 28.6 Å². The van der Waals surface area contributed by atoms with Crippen molar-refractivity contribution in [3.8, 4) is 5.75 Å². The first kappa shape index (κ1) is 13.6. The van der Waals surface area contributed by atoms with E-state index in [1.165, 1.54) is 0 Å². The van der Waals surface area contributed by atoms with E-state index in [1.54, 1.807) is 36.6 Å². The Morgan fingerprint density at radius 2 is 2.22 bits per heavy atom. The van der Waals surface area contributed by atoms with Crippen LogP contribution >= 0.6 is 27.3 Å². The summed E-state index contributed by atoms with van der Waals surface area (Å²) in [6, 6.07) is 7.16. The highest BCUT2D eigenvalue weighted by atomic mass is 79.9. The lowest BCUT2D eigenvalue weighted by Gasteiger charge is -2.08. The fraction of sp³-hybridized carbons (Fsp3) is 0.167. The maximum atomic E-state index is 12.3. The fourth-order valence-electron chi connectivity index (χ4n) is 1.51. The van der Waals surface area contributed by atoms with Crippen LogP contribution in [0, 0.1) is 0 Å². The molecule has 6 heteroatoms. The second-order valence-corrected chi connectivity index (χ2v) is 6.96. The molecule has 0 radical (unpaired) electrons. The van der Waals surface area contributed by atoms with Gasteiger partial charge in [-0.1, -0.05) is 0 Å². The Hall–Kier alpha value is -0.850. The van der Waals surface area contributed by atoms with E-state index in [0.29, 0.717) is 22.1 Å². The second-order valence-electron chi connectivity index (χ2n) is 3.63. The molecule has 0 aliphatic rings. The molecule has 0 saturated carbocycles. The molecule has 0 saturated heterocycles. The van der Waals surface area contributed by atoms with Gasteiger partial charge in [-0.25, -0.2) is 0 Å². The summed E-state index contributed by atoms with van der Waals surface area (Å²) in [6.45, 7) is 0. The van der Waals surface area contributed by atoms with E-state index in [1.807, 2.05) is 11.4 Å². The van der Waals surface area contributed by atoms with Crippen LogP contribution in [0.25, 0.3) is 0 Å². The first-order valence-electron chi connectivity index (χ1n) is 5.15. The lowest BCUT2D eigenvalue weighted by atomic mass is 10.3. The van der Waals surface area contributed by atoms with Gasteiger partial charge in [0.25, 0.3) is 0 Å². The number of hydrogen-bond donors (Lipinski definition) is 1. The molecule has 0 spiro atoms. The zero-order valence-electron chi connectivity index (χ0n) is 9.68. The smallest absolute Gasteiger partial charge is 0.137 e. The van der Waals surface area contributed by atoms with Crippen LogP contribution in [0.2, 0.25) is 0 Å². The van der Waals surface area contributed by atoms with Crippen molar-refractivity contribution >= 4 is 43.8 Å². The van der Waals surface area contributed by atoms with Crippen LogP contribution in [0.5, 0.6) is 5.75 Å². The molecule has 1 aromatic carbocycles. The van der Waals surface area contributed by atoms with Gasteiger partial charge in [-0.05, 0) is 34.1 Å². The van der Waals surface area contributed by atoms with Crippen LogP contribution in [0.3, 0.4) is 0 Å². The van der Waals surface area contributed by atoms with Gasteiger partial charge in [0.1, 0.15) is 5.75 Å². The molecule has 0 amide bonds. The second kappa shape index (κ2) is 5.86. The molecule has 18 heavy (non-hydrogen) atoms. The van der Waals surface area contributed by atoms with Gasteiger partial charge in [0.15, 0.2) is 0 Å². The zero-order chi connectivity index (χ0) is 13.1. The van der Waals surface area contributed by atoms with Crippen LogP contribution in [0.4, 0.5) is 5.69 Å². The minimum absolute atomic E-state index is 0.483. The summed E-state index contributed by atoms with van der Waals surface area (Å²) in [4.78, 5) is 1.75. The van der Waals surface area contributed by atoms with Crippen molar-refractivity contribution in [3.05, 3.63) is 39.0 Å². The number of hydrogen-bond acceptors (Lipinski definition) is 4. The summed E-state index contributed by atoms with van der Waals surface area (Å²) in [5.41, 5.74) is 6.28. The Morgan fingerprint density at radius 3 is 2.83 bits per heavy atom. The van der Waals surface area contributed by atoms with Gasteiger partial charge >= 0.3 is 0 Å². The highest BCUT2D eigenvalue weighted by Gasteiger charge is 2.12. The third-order valence-electron chi connectivity index (χ3n) is 2.33. The maximum Gasteiger partial charge on any atom is 0.137 e. The zero-order valence-corrected chi connectivity index (χ0v) is 12.9. The van der Waals surface area contributed by atoms with E-state index < -0.39 is 10.8 Å². The summed E-state index contributed by atoms with van der Waals surface area (Å²) in [5, 5.41) is 1.98. The van der Waals surface area contributed by atoms with Crippen molar-refractivity contribution in [1.82, 2.24) is 0 Å². The molecular formula is C12H12BrNO2S2. The first-order chi connectivity index (χ1) is 8.60. The topological polar surface area (TPSA) is 52.3 Å². The number of anilines is 1. The molecule has 1 heterocycles. The predicted octanol–water partition coefficient (Wildman–Crippen LogP) is 3.41. The van der Waals surface area contributed by atoms with E-state index in [2.05, 4.69) is 15.9 Å². The molecule has 2 N–H and O–H groups in total. The highest BCUT2D eigenvalue weighted by Crippen LogP contribution is 2.28. The van der Waals surface area contributed by atoms with Gasteiger partial charge in [0.2, 0.25) is 0 Å². The van der Waals surface area contributed by atoms with Crippen molar-refractivity contribution in [1.29, 1.82) is 0 Å². The molecule has 96 valence electrons. The average Bonchev–Trinajstić information content (AvgIpc) is 2.74. The van der Waals surface area contributed by atoms with E-state index >= 15 is 0 Å². The van der Waals surface area contributed by atoms with E-state index in [-0.39, 0.29) is 0 Å². The Morgan fingerprint density at radius 1 is 1.44 bits per heavy atom. The molecule has 3 nitrogen and oxygen atoms in total. The van der Waals surface area contributed by atoms with Gasteiger partial charge in [-0.2, -0.15) is 0 Å². The first-order valence-corrected chi connectivity index (χ1v) is 8.14. The fourth-order valence-corrected chi connectivity index (χ4v) is 4.42. The van der Waals surface area contributed by atoms with Crippen molar-refractivity contribution in [2.75, 3.05) is 12.8 Å². The standard InChI is InChI=1S/C12H12BrNO2S2/c1-16-11-5-9(14)2-3-12(11)18(15)7-10-4-8(13)6-17-10/h2-6H,7,14H2,1H3. The largest absolute Gasteiger partial charge is 0.495 e. The number of benzene rings is 1. The molecule has 1 aromatic heterocycles. The Bertz CT molecular complexity index is 583. The van der Waals surface area contributed by atoms with Gasteiger partial charge in [0, 0.05) is 26.5 Å². The molecule has 0 fully saturated rings. The number of methoxy groups -OCH3 is 1. The quantitative estimate of drug-likeness (QED) is 0.864. The van der Waals surface area contributed by atoms with Gasteiger partial charge < -0.3 is 10.5 Å². The number of thiophene rings is 1. The average molecular weight is 346 g/mol. The summed E-state index contributed by atoms with van der Waals surface area (Å²) in [6.07, 6.45) is 0. The van der Waals surface area contributed by atoms with Crippen molar-refractivity contribution in [2.24, 2.45) is 0 Å². The molecule has 0 bridgehead atoms. The van der Waals surface area contributed by atoms with Crippen molar-refractivity contribution in [3.63, 3.8) is 0 Å². The van der Waals surface area contributed by atoms with E-state index in [9.17, 15) is 4.21 Å². The minimum atomic E-state index is -1.13. The maximum absolute atomic E-state index is 12.3. The Labute approximate surface area is 121 Å². The van der Waals surface area contributed by atoms with Crippen LogP contribution in [-0.4, -0.2) is 11.3 Å². The van der Waals surface area contributed by atoms with Gasteiger partial charge in [-0.3, -0.25) is 4.21 Å². The van der Waals surface area contributed by atoms with E-state index in [0.717, 1.165) is 9.35 Å². The van der Waals surface area contributed by atoms with Gasteiger partial charge in [-0.15, -0.1) is 11.3 Å². The number of rotatable bonds is 4. The summed E-state index contributed by atoms with van der Waals surface area (Å²) in [7, 11) is 0.421. The molecule has 2 aromatic rings. The predicted molar refractivity (Wildman–Crippen MR) is 79.5 cm³/mol. The number of halogens is 1. The van der Waals surface area contributed by atoms with Crippen LogP contribution in [0.15, 0.2) is 39.0 Å². The SMILES string of the molecule is COc1cc(N)ccc1S(=O)Cc1cc(Br)cs1. The minimum Gasteiger partial charge on any atom is -0.495 e. The third-order valence-corrected chi connectivity index (χ3v) is 5.61. The Kier molecular flexibility index (Phi) is 4.42. The lowest BCUT2D eigenvalue weighted by Crippen LogP contribution is -1.99. The Balaban J connectivity index is 2.23. The monoisotopic (exact) mass is 345 g/mol. The number of nitrogen functional groups attached to an aromatic ring is 1. The summed E-state index contributed by atoms with van der Waals surface area (Å²) < 4.78 is 18.5. The van der Waals surface area contributed by atoms with E-state index in [4.69, 9.17) is 10.5 Å². The normalized spacial score (nSPS) is 12.3. The highest BCUT2D eigenvalue weighted by molar-refractivity contribution is 9.10. The summed E-state index contributed by atoms with van der Waals surface area (Å²) in [5.74, 6) is 1.06. The molecule has 0 aliphatic carbocycles. The number of ether oxygens (including phenoxy) is 1. The molecule has 2 rings (SSSR count). The summed E-state index contributed by atoms with van der Waals surface area (Å²) >= 11 is 4.97. The lowest BCUT2D eigenvalue weighted by molar-refractivity contribution is 0.404. The molecular weight excluding hydrogens is 334 g/mol. The number of nitrogens with two attached hydrogens (primary N) is 1.